The molecule has 1 aliphatic heterocycles. The molecule has 0 spiro atoms. The fraction of sp³-hybridized carbons (Fsp3) is 0.167. The summed E-state index contributed by atoms with van der Waals surface area (Å²) >= 11 is 1.41. The fourth-order valence-corrected chi connectivity index (χ4v) is 6.42. The molecule has 1 aromatic heterocycles. The van der Waals surface area contributed by atoms with E-state index in [-0.39, 0.29) is 41.3 Å². The van der Waals surface area contributed by atoms with Crippen LogP contribution in [-0.4, -0.2) is 27.3 Å². The number of rotatable bonds is 8. The van der Waals surface area contributed by atoms with Crippen molar-refractivity contribution in [3.05, 3.63) is 154 Å². The Morgan fingerprint density at radius 1 is 0.860 bits per heavy atom. The zero-order valence-corrected chi connectivity index (χ0v) is 24.9. The minimum atomic E-state index is -0.343. The van der Waals surface area contributed by atoms with Crippen LogP contribution in [0.2, 0.25) is 0 Å². The van der Waals surface area contributed by atoms with Gasteiger partial charge in [0.15, 0.2) is 22.4 Å². The number of nitrogens with one attached hydrogen (secondary N) is 1. The Morgan fingerprint density at radius 2 is 1.44 bits per heavy atom. The third-order valence-electron chi connectivity index (χ3n) is 8.00. The van der Waals surface area contributed by atoms with E-state index in [0.717, 1.165) is 22.4 Å². The third-order valence-corrected chi connectivity index (χ3v) is 8.73. The van der Waals surface area contributed by atoms with Crippen molar-refractivity contribution in [2.24, 2.45) is 18.0 Å². The predicted octanol–water partition coefficient (Wildman–Crippen LogP) is 7.46. The number of benzene rings is 4. The van der Waals surface area contributed by atoms with Crippen LogP contribution in [0.15, 0.2) is 136 Å². The second kappa shape index (κ2) is 12.6. The Labute approximate surface area is 255 Å². The molecule has 1 unspecified atom stereocenters. The number of hydrogen-bond acceptors (Lipinski definition) is 6. The maximum atomic E-state index is 13.9. The first-order valence-corrected chi connectivity index (χ1v) is 15.5. The molecule has 1 aliphatic rings. The Morgan fingerprint density at radius 3 is 2.07 bits per heavy atom. The first kappa shape index (κ1) is 28.4. The first-order chi connectivity index (χ1) is 21.0. The molecule has 6 rings (SSSR count). The maximum Gasteiger partial charge on any atom is 0.282 e. The lowest BCUT2D eigenvalue weighted by Crippen LogP contribution is -2.34. The van der Waals surface area contributed by atoms with Crippen molar-refractivity contribution in [1.29, 1.82) is 0 Å². The summed E-state index contributed by atoms with van der Waals surface area (Å²) in [7, 11) is 1.72. The molecular formula is C36H32N4O2S. The van der Waals surface area contributed by atoms with E-state index in [1.807, 2.05) is 103 Å². The van der Waals surface area contributed by atoms with Crippen LogP contribution in [0.25, 0.3) is 0 Å². The van der Waals surface area contributed by atoms with Crippen molar-refractivity contribution in [1.82, 2.24) is 9.55 Å². The summed E-state index contributed by atoms with van der Waals surface area (Å²) in [6.07, 6.45) is 2.16. The standard InChI is InChI=1S/C36H32N4O2S/c1-40-35(42)33-34(39-36(40)43-2)38-32(27-21-13-6-14-22-27)30(31(37-33)26-19-11-5-12-20-26)28(24-15-7-3-8-16-24)23-29(41)25-17-9-4-10-18-25/h3-22,28,30,32,38H,23H2,1-2H3/t28-,30-,32?/m0/s1. The van der Waals surface area contributed by atoms with E-state index < -0.39 is 0 Å². The highest BCUT2D eigenvalue weighted by Gasteiger charge is 2.40. The Kier molecular flexibility index (Phi) is 8.34. The van der Waals surface area contributed by atoms with Crippen molar-refractivity contribution in [2.45, 2.75) is 23.5 Å². The van der Waals surface area contributed by atoms with E-state index in [4.69, 9.17) is 9.98 Å². The normalized spacial score (nSPS) is 16.7. The zero-order chi connectivity index (χ0) is 29.8. The van der Waals surface area contributed by atoms with Gasteiger partial charge < -0.3 is 5.32 Å². The number of ketones is 1. The van der Waals surface area contributed by atoms with Crippen molar-refractivity contribution >= 4 is 34.8 Å². The van der Waals surface area contributed by atoms with Crippen LogP contribution in [-0.2, 0) is 7.05 Å². The van der Waals surface area contributed by atoms with Crippen LogP contribution in [0.4, 0.5) is 11.5 Å². The molecule has 0 bridgehead atoms. The topological polar surface area (TPSA) is 76.3 Å². The molecule has 0 radical (unpaired) electrons. The number of aliphatic imine (C=N–C) groups is 1. The molecule has 2 heterocycles. The van der Waals surface area contributed by atoms with E-state index in [1.54, 1.807) is 11.6 Å². The zero-order valence-electron chi connectivity index (χ0n) is 24.1. The lowest BCUT2D eigenvalue weighted by atomic mass is 9.72. The number of nitrogens with zero attached hydrogens (tertiary/aromatic N) is 3. The fourth-order valence-electron chi connectivity index (χ4n) is 5.88. The van der Waals surface area contributed by atoms with E-state index in [2.05, 4.69) is 29.6 Å². The molecule has 0 fully saturated rings. The highest BCUT2D eigenvalue weighted by molar-refractivity contribution is 7.98. The van der Waals surface area contributed by atoms with Gasteiger partial charge >= 0.3 is 0 Å². The van der Waals surface area contributed by atoms with Gasteiger partial charge in [-0.2, -0.15) is 0 Å². The van der Waals surface area contributed by atoms with Gasteiger partial charge in [0.05, 0.1) is 11.8 Å². The van der Waals surface area contributed by atoms with Gasteiger partial charge in [-0.1, -0.05) is 133 Å². The Hall–Kier alpha value is -4.75. The molecule has 0 saturated heterocycles. The smallest absolute Gasteiger partial charge is 0.282 e. The van der Waals surface area contributed by atoms with E-state index >= 15 is 0 Å². The van der Waals surface area contributed by atoms with Gasteiger partial charge in [0.1, 0.15) is 0 Å². The van der Waals surface area contributed by atoms with Gasteiger partial charge in [0.2, 0.25) is 0 Å². The molecule has 0 aliphatic carbocycles. The first-order valence-electron chi connectivity index (χ1n) is 14.3. The highest BCUT2D eigenvalue weighted by Crippen LogP contribution is 2.45. The van der Waals surface area contributed by atoms with Gasteiger partial charge in [0.25, 0.3) is 5.56 Å². The summed E-state index contributed by atoms with van der Waals surface area (Å²) < 4.78 is 1.54. The minimum Gasteiger partial charge on any atom is -0.361 e. The second-order valence-electron chi connectivity index (χ2n) is 10.6. The van der Waals surface area contributed by atoms with Crippen molar-refractivity contribution in [3.63, 3.8) is 0 Å². The number of aromatic nitrogens is 2. The lowest BCUT2D eigenvalue weighted by molar-refractivity contribution is 0.0967. The summed E-state index contributed by atoms with van der Waals surface area (Å²) in [5.41, 5.74) is 4.40. The number of hydrogen-bond donors (Lipinski definition) is 1. The highest BCUT2D eigenvalue weighted by atomic mass is 32.2. The van der Waals surface area contributed by atoms with Gasteiger partial charge in [0, 0.05) is 30.9 Å². The largest absolute Gasteiger partial charge is 0.361 e. The number of carbonyl (C=O) groups excluding carboxylic acids is 1. The molecule has 1 N–H and O–H groups in total. The molecule has 0 amide bonds. The molecule has 0 saturated carbocycles. The summed E-state index contributed by atoms with van der Waals surface area (Å²) in [6, 6.07) is 39.4. The van der Waals surface area contributed by atoms with Crippen molar-refractivity contribution in [3.8, 4) is 0 Å². The molecule has 43 heavy (non-hydrogen) atoms. The van der Waals surface area contributed by atoms with E-state index in [9.17, 15) is 9.59 Å². The van der Waals surface area contributed by atoms with Gasteiger partial charge in [-0.15, -0.1) is 0 Å². The average Bonchev–Trinajstić information content (AvgIpc) is 3.24. The summed E-state index contributed by atoms with van der Waals surface area (Å²) in [5.74, 6) is -0.118. The van der Waals surface area contributed by atoms with Crippen LogP contribution in [0, 0.1) is 5.92 Å². The lowest BCUT2D eigenvalue weighted by Gasteiger charge is -2.35. The van der Waals surface area contributed by atoms with Gasteiger partial charge in [-0.3, -0.25) is 14.2 Å². The maximum absolute atomic E-state index is 13.9. The van der Waals surface area contributed by atoms with Crippen LogP contribution >= 0.6 is 11.8 Å². The van der Waals surface area contributed by atoms with Crippen molar-refractivity contribution in [2.75, 3.05) is 11.6 Å². The van der Waals surface area contributed by atoms with Crippen LogP contribution in [0.1, 0.15) is 45.4 Å². The van der Waals surface area contributed by atoms with Crippen molar-refractivity contribution < 1.29 is 4.79 Å². The number of fused-ring (bicyclic) bond motifs is 1. The van der Waals surface area contributed by atoms with Gasteiger partial charge in [-0.05, 0) is 22.9 Å². The molecule has 4 aromatic carbocycles. The summed E-state index contributed by atoms with van der Waals surface area (Å²) in [5, 5.41) is 4.26. The van der Waals surface area contributed by atoms with Crippen LogP contribution < -0.4 is 10.9 Å². The monoisotopic (exact) mass is 584 g/mol. The molecule has 5 aromatic rings. The van der Waals surface area contributed by atoms with Crippen LogP contribution in [0.5, 0.6) is 0 Å². The summed E-state index contributed by atoms with van der Waals surface area (Å²) in [6.45, 7) is 0. The quantitative estimate of drug-likeness (QED) is 0.116. The summed E-state index contributed by atoms with van der Waals surface area (Å²) in [4.78, 5) is 37.7. The van der Waals surface area contributed by atoms with E-state index in [1.165, 1.54) is 11.8 Å². The molecule has 3 atom stereocenters. The number of thioether (sulfide) groups is 1. The third kappa shape index (κ3) is 5.81. The number of Topliss-reactive ketones (excluding diaryl/α,β-unsaturated/α-hetero) is 1. The van der Waals surface area contributed by atoms with Gasteiger partial charge in [-0.25, -0.2) is 9.98 Å². The van der Waals surface area contributed by atoms with E-state index in [0.29, 0.717) is 16.5 Å². The average molecular weight is 585 g/mol. The Bertz CT molecular complexity index is 1810. The SMILES string of the molecule is CSc1nc2c(c(=O)n1C)N=C(c1ccccc1)[C@H]([C@@H](CC(=O)c1ccccc1)c1ccccc1)C(c1ccccc1)N2. The molecule has 6 nitrogen and oxygen atoms in total. The predicted molar refractivity (Wildman–Crippen MR) is 175 cm³/mol. The molecule has 7 heteroatoms. The van der Waals surface area contributed by atoms with Crippen LogP contribution in [0.3, 0.4) is 0 Å². The molecule has 214 valence electrons. The number of anilines is 1. The number of carbonyl (C=O) groups is 1. The second-order valence-corrected chi connectivity index (χ2v) is 11.4. The Balaban J connectivity index is 1.63. The molecular weight excluding hydrogens is 552 g/mol. The minimum absolute atomic E-state index is 0.0501.